The molecule has 0 unspecified atom stereocenters. The Morgan fingerprint density at radius 1 is 1.14 bits per heavy atom. The molecule has 3 nitrogen and oxygen atoms in total. The Hall–Kier alpha value is -2.63. The summed E-state index contributed by atoms with van der Waals surface area (Å²) in [6, 6.07) is 10.5. The first-order chi connectivity index (χ1) is 14.1. The first-order valence-electron chi connectivity index (χ1n) is 10.1. The average molecular weight is 408 g/mol. The van der Waals surface area contributed by atoms with E-state index in [1.165, 1.54) is 5.57 Å². The number of halogens is 1. The summed E-state index contributed by atoms with van der Waals surface area (Å²) in [5.41, 5.74) is 7.70. The Bertz CT molecular complexity index is 871. The average Bonchev–Trinajstić information content (AvgIpc) is 2.95. The third kappa shape index (κ3) is 7.04. The van der Waals surface area contributed by atoms with Crippen LogP contribution in [0.4, 0.5) is 5.69 Å². The molecule has 1 N–H and O–H groups in total. The molecular formula is C25H30ClN3. The number of rotatable bonds is 9. The lowest BCUT2D eigenvalue weighted by atomic mass is 10.1. The molecule has 0 saturated heterocycles. The van der Waals surface area contributed by atoms with Crippen molar-refractivity contribution in [2.75, 3.05) is 38.0 Å². The molecule has 29 heavy (non-hydrogen) atoms. The van der Waals surface area contributed by atoms with Gasteiger partial charge in [-0.3, -0.25) is 4.90 Å². The Kier molecular flexibility index (Phi) is 9.41. The zero-order chi connectivity index (χ0) is 21.1. The van der Waals surface area contributed by atoms with Crippen LogP contribution in [0.5, 0.6) is 0 Å². The van der Waals surface area contributed by atoms with Crippen LogP contribution in [0.15, 0.2) is 77.7 Å². The second kappa shape index (κ2) is 12.0. The van der Waals surface area contributed by atoms with E-state index < -0.39 is 0 Å². The molecule has 152 valence electrons. The fourth-order valence-corrected chi connectivity index (χ4v) is 3.12. The lowest BCUT2D eigenvalue weighted by molar-refractivity contribution is 0.332. The van der Waals surface area contributed by atoms with E-state index in [0.29, 0.717) is 11.6 Å². The van der Waals surface area contributed by atoms with Crippen molar-refractivity contribution in [2.24, 2.45) is 0 Å². The summed E-state index contributed by atoms with van der Waals surface area (Å²) < 4.78 is 0. The van der Waals surface area contributed by atoms with Gasteiger partial charge in [0.2, 0.25) is 0 Å². The number of nitrogens with one attached hydrogen (secondary N) is 1. The number of anilines is 1. The minimum atomic E-state index is 0.601. The van der Waals surface area contributed by atoms with E-state index in [0.717, 1.165) is 43.1 Å². The number of benzene rings is 1. The summed E-state index contributed by atoms with van der Waals surface area (Å²) in [7, 11) is 0. The number of hydrogen-bond donors (Lipinski definition) is 1. The highest BCUT2D eigenvalue weighted by atomic mass is 35.5. The van der Waals surface area contributed by atoms with Crippen LogP contribution in [0.1, 0.15) is 20.8 Å². The minimum Gasteiger partial charge on any atom is -0.354 e. The largest absolute Gasteiger partial charge is 0.354 e. The second-order valence-electron chi connectivity index (χ2n) is 6.61. The lowest BCUT2D eigenvalue weighted by Gasteiger charge is -2.23. The first kappa shape index (κ1) is 22.7. The molecular weight excluding hydrogens is 378 g/mol. The van der Waals surface area contributed by atoms with Gasteiger partial charge in [0.25, 0.3) is 0 Å². The SMILES string of the molecule is C=CC1=CC(CN(CC)CC)=CC=C=C1N(CC)CC#CNc1ccc(Cl)cc1. The molecule has 0 spiro atoms. The molecule has 0 aromatic heterocycles. The fraction of sp³-hybridized carbons (Fsp3) is 0.320. The maximum absolute atomic E-state index is 5.91. The van der Waals surface area contributed by atoms with Crippen LogP contribution in [0.3, 0.4) is 0 Å². The Labute approximate surface area is 180 Å². The molecule has 1 aliphatic carbocycles. The number of allylic oxidation sites excluding steroid dienone is 2. The quantitative estimate of drug-likeness (QED) is 0.332. The van der Waals surface area contributed by atoms with E-state index in [-0.39, 0.29) is 0 Å². The number of hydrogen-bond acceptors (Lipinski definition) is 3. The first-order valence-corrected chi connectivity index (χ1v) is 10.5. The van der Waals surface area contributed by atoms with Crippen molar-refractivity contribution < 1.29 is 0 Å². The Balaban J connectivity index is 2.08. The van der Waals surface area contributed by atoms with Gasteiger partial charge in [-0.15, -0.1) is 0 Å². The van der Waals surface area contributed by atoms with E-state index in [4.69, 9.17) is 11.6 Å². The van der Waals surface area contributed by atoms with E-state index in [1.807, 2.05) is 36.4 Å². The lowest BCUT2D eigenvalue weighted by Crippen LogP contribution is -2.25. The normalized spacial score (nSPS) is 12.9. The summed E-state index contributed by atoms with van der Waals surface area (Å²) in [6.45, 7) is 14.9. The molecule has 1 aromatic carbocycles. The molecule has 0 amide bonds. The summed E-state index contributed by atoms with van der Waals surface area (Å²) in [5, 5.41) is 3.81. The van der Waals surface area contributed by atoms with E-state index in [1.54, 1.807) is 0 Å². The van der Waals surface area contributed by atoms with Gasteiger partial charge in [-0.2, -0.15) is 0 Å². The summed E-state index contributed by atoms with van der Waals surface area (Å²) in [4.78, 5) is 4.60. The standard InChI is InChI=1S/C25H30ClN3/c1-5-22-19-21(20-28(6-2)7-3)11-9-12-25(22)29(8-4)18-10-17-27-24-15-13-23(26)14-16-24/h5,9,11,13-16,19,27H,1,6-8,18,20H2,2-4H3. The summed E-state index contributed by atoms with van der Waals surface area (Å²) in [6.07, 6.45) is 8.25. The van der Waals surface area contributed by atoms with Crippen LogP contribution in [-0.4, -0.2) is 42.5 Å². The molecule has 0 bridgehead atoms. The van der Waals surface area contributed by atoms with E-state index in [9.17, 15) is 0 Å². The topological polar surface area (TPSA) is 18.5 Å². The molecule has 2 rings (SSSR count). The van der Waals surface area contributed by atoms with Crippen molar-refractivity contribution in [3.05, 3.63) is 82.7 Å². The van der Waals surface area contributed by atoms with Crippen LogP contribution >= 0.6 is 11.6 Å². The second-order valence-corrected chi connectivity index (χ2v) is 7.05. The molecule has 0 fully saturated rings. The van der Waals surface area contributed by atoms with Crippen LogP contribution in [0.25, 0.3) is 0 Å². The third-order valence-electron chi connectivity index (χ3n) is 4.76. The van der Waals surface area contributed by atoms with Crippen molar-refractivity contribution >= 4 is 17.3 Å². The molecule has 4 heteroatoms. The Morgan fingerprint density at radius 3 is 2.48 bits per heavy atom. The maximum atomic E-state index is 5.91. The highest BCUT2D eigenvalue weighted by Crippen LogP contribution is 2.20. The van der Waals surface area contributed by atoms with Gasteiger partial charge in [-0.25, -0.2) is 0 Å². The summed E-state index contributed by atoms with van der Waals surface area (Å²) in [5.74, 6) is 3.19. The van der Waals surface area contributed by atoms with Gasteiger partial charge in [0, 0.05) is 35.4 Å². The van der Waals surface area contributed by atoms with E-state index in [2.05, 4.69) is 72.3 Å². The highest BCUT2D eigenvalue weighted by Gasteiger charge is 2.12. The maximum Gasteiger partial charge on any atom is 0.0881 e. The smallest absolute Gasteiger partial charge is 0.0881 e. The fourth-order valence-electron chi connectivity index (χ4n) is 2.99. The monoisotopic (exact) mass is 407 g/mol. The number of nitrogens with zero attached hydrogens (tertiary/aromatic N) is 2. The van der Waals surface area contributed by atoms with Gasteiger partial charge in [-0.1, -0.05) is 49.8 Å². The third-order valence-corrected chi connectivity index (χ3v) is 5.01. The molecule has 0 atom stereocenters. The van der Waals surface area contributed by atoms with Crippen LogP contribution in [0, 0.1) is 12.0 Å². The molecule has 1 aromatic rings. The van der Waals surface area contributed by atoms with Gasteiger partial charge >= 0.3 is 0 Å². The van der Waals surface area contributed by atoms with Crippen LogP contribution in [0.2, 0.25) is 5.02 Å². The van der Waals surface area contributed by atoms with Gasteiger partial charge in [0.05, 0.1) is 12.2 Å². The van der Waals surface area contributed by atoms with Crippen LogP contribution in [-0.2, 0) is 0 Å². The van der Waals surface area contributed by atoms with Gasteiger partial charge < -0.3 is 10.2 Å². The minimum absolute atomic E-state index is 0.601. The zero-order valence-electron chi connectivity index (χ0n) is 17.6. The van der Waals surface area contributed by atoms with Crippen molar-refractivity contribution in [1.29, 1.82) is 0 Å². The van der Waals surface area contributed by atoms with Crippen molar-refractivity contribution in [3.8, 4) is 12.0 Å². The Morgan fingerprint density at radius 2 is 1.86 bits per heavy atom. The van der Waals surface area contributed by atoms with Crippen LogP contribution < -0.4 is 5.32 Å². The molecule has 0 aliphatic heterocycles. The predicted molar refractivity (Wildman–Crippen MR) is 126 cm³/mol. The van der Waals surface area contributed by atoms with Gasteiger partial charge in [0.1, 0.15) is 0 Å². The summed E-state index contributed by atoms with van der Waals surface area (Å²) >= 11 is 5.91. The molecule has 1 aliphatic rings. The van der Waals surface area contributed by atoms with Gasteiger partial charge in [0.15, 0.2) is 0 Å². The van der Waals surface area contributed by atoms with Crippen molar-refractivity contribution in [2.45, 2.75) is 20.8 Å². The highest BCUT2D eigenvalue weighted by molar-refractivity contribution is 6.30. The molecule has 0 radical (unpaired) electrons. The number of likely N-dealkylation sites (N-methyl/N-ethyl adjacent to an activating group) is 2. The van der Waals surface area contributed by atoms with Crippen molar-refractivity contribution in [1.82, 2.24) is 9.80 Å². The molecule has 0 heterocycles. The van der Waals surface area contributed by atoms with Crippen molar-refractivity contribution in [3.63, 3.8) is 0 Å². The van der Waals surface area contributed by atoms with Gasteiger partial charge in [-0.05, 0) is 68.1 Å². The molecule has 0 saturated carbocycles. The van der Waals surface area contributed by atoms with E-state index >= 15 is 0 Å². The predicted octanol–water partition coefficient (Wildman–Crippen LogP) is 5.47. The zero-order valence-corrected chi connectivity index (χ0v) is 18.4.